The molecule has 0 saturated carbocycles. The molecular formula is C19H20BrN3O. The van der Waals surface area contributed by atoms with Crippen LogP contribution in [0.15, 0.2) is 62.0 Å². The van der Waals surface area contributed by atoms with E-state index in [-0.39, 0.29) is 11.9 Å². The minimum absolute atomic E-state index is 0.152. The number of azo groups is 1. The van der Waals surface area contributed by atoms with Gasteiger partial charge in [-0.1, -0.05) is 41.9 Å². The maximum absolute atomic E-state index is 13.1. The Hall–Kier alpha value is -1.75. The molecule has 1 N–H and O–H groups in total. The number of benzene rings is 1. The van der Waals surface area contributed by atoms with Crippen molar-refractivity contribution >= 4 is 21.7 Å². The Morgan fingerprint density at radius 3 is 2.96 bits per heavy atom. The first-order chi connectivity index (χ1) is 11.6. The molecule has 3 aliphatic rings. The van der Waals surface area contributed by atoms with Crippen molar-refractivity contribution in [3.05, 3.63) is 57.3 Å². The predicted molar refractivity (Wildman–Crippen MR) is 96.4 cm³/mol. The molecule has 0 radical (unpaired) electrons. The van der Waals surface area contributed by atoms with Crippen LogP contribution in [0.4, 0.5) is 0 Å². The van der Waals surface area contributed by atoms with Gasteiger partial charge in [0.15, 0.2) is 11.9 Å². The highest BCUT2D eigenvalue weighted by molar-refractivity contribution is 9.10. The van der Waals surface area contributed by atoms with Gasteiger partial charge in [-0.25, -0.2) is 0 Å². The molecule has 2 heterocycles. The van der Waals surface area contributed by atoms with Crippen LogP contribution in [0.1, 0.15) is 38.7 Å². The highest BCUT2D eigenvalue weighted by Gasteiger charge is 2.51. The van der Waals surface area contributed by atoms with Crippen LogP contribution in [0, 0.1) is 5.92 Å². The smallest absolute Gasteiger partial charge is 0.164 e. The highest BCUT2D eigenvalue weighted by atomic mass is 79.9. The quantitative estimate of drug-likeness (QED) is 0.806. The van der Waals surface area contributed by atoms with Crippen molar-refractivity contribution in [2.45, 2.75) is 44.7 Å². The SMILES string of the molecule is CC[C@]1(c2cccc(Br)c2)C2=CN=NC2NC2=C1C(=O)C[C@H](C)C2. The second-order valence-electron chi connectivity index (χ2n) is 6.92. The molecule has 24 heavy (non-hydrogen) atoms. The minimum atomic E-state index is -0.435. The van der Waals surface area contributed by atoms with E-state index in [1.165, 1.54) is 0 Å². The number of allylic oxidation sites excluding steroid dienone is 2. The van der Waals surface area contributed by atoms with E-state index >= 15 is 0 Å². The molecule has 0 aromatic heterocycles. The molecular weight excluding hydrogens is 366 g/mol. The molecule has 0 spiro atoms. The molecule has 4 nitrogen and oxygen atoms in total. The highest BCUT2D eigenvalue weighted by Crippen LogP contribution is 2.52. The third-order valence-corrected chi connectivity index (χ3v) is 5.91. The minimum Gasteiger partial charge on any atom is -0.362 e. The number of ketones is 1. The van der Waals surface area contributed by atoms with Crippen LogP contribution < -0.4 is 5.32 Å². The van der Waals surface area contributed by atoms with E-state index in [2.05, 4.69) is 57.5 Å². The summed E-state index contributed by atoms with van der Waals surface area (Å²) in [6.45, 7) is 4.29. The molecule has 1 aromatic carbocycles. The lowest BCUT2D eigenvalue weighted by Crippen LogP contribution is -2.50. The molecule has 0 bridgehead atoms. The molecule has 1 aliphatic carbocycles. The number of nitrogens with zero attached hydrogens (tertiary/aromatic N) is 2. The first-order valence-corrected chi connectivity index (χ1v) is 9.25. The van der Waals surface area contributed by atoms with Crippen LogP contribution in [-0.4, -0.2) is 11.9 Å². The predicted octanol–water partition coefficient (Wildman–Crippen LogP) is 4.63. The Morgan fingerprint density at radius 2 is 2.21 bits per heavy atom. The lowest BCUT2D eigenvalue weighted by atomic mass is 9.60. The Balaban J connectivity index is 2.00. The first kappa shape index (κ1) is 15.8. The van der Waals surface area contributed by atoms with Gasteiger partial charge < -0.3 is 5.32 Å². The second-order valence-corrected chi connectivity index (χ2v) is 7.84. The maximum Gasteiger partial charge on any atom is 0.164 e. The number of fused-ring (bicyclic) bond motifs is 1. The van der Waals surface area contributed by atoms with E-state index < -0.39 is 5.41 Å². The normalized spacial score (nSPS) is 31.5. The maximum atomic E-state index is 13.1. The summed E-state index contributed by atoms with van der Waals surface area (Å²) < 4.78 is 1.02. The van der Waals surface area contributed by atoms with Crippen LogP contribution in [0.2, 0.25) is 0 Å². The molecule has 1 unspecified atom stereocenters. The van der Waals surface area contributed by atoms with Crippen molar-refractivity contribution in [3.63, 3.8) is 0 Å². The van der Waals surface area contributed by atoms with Crippen LogP contribution in [0.5, 0.6) is 0 Å². The second kappa shape index (κ2) is 5.66. The largest absolute Gasteiger partial charge is 0.362 e. The lowest BCUT2D eigenvalue weighted by Gasteiger charge is -2.46. The summed E-state index contributed by atoms with van der Waals surface area (Å²) in [6, 6.07) is 8.30. The summed E-state index contributed by atoms with van der Waals surface area (Å²) in [6.07, 6.45) is 4.02. The van der Waals surface area contributed by atoms with Gasteiger partial charge in [-0.2, -0.15) is 10.2 Å². The topological polar surface area (TPSA) is 53.8 Å². The fourth-order valence-electron chi connectivity index (χ4n) is 4.44. The summed E-state index contributed by atoms with van der Waals surface area (Å²) in [5.74, 6) is 0.619. The van der Waals surface area contributed by atoms with Crippen molar-refractivity contribution in [2.75, 3.05) is 0 Å². The fraction of sp³-hybridized carbons (Fsp3) is 0.421. The van der Waals surface area contributed by atoms with Gasteiger partial charge in [0.05, 0.1) is 11.6 Å². The van der Waals surface area contributed by atoms with Gasteiger partial charge in [0.25, 0.3) is 0 Å². The summed E-state index contributed by atoms with van der Waals surface area (Å²) in [4.78, 5) is 13.1. The van der Waals surface area contributed by atoms with Crippen LogP contribution in [0.25, 0.3) is 0 Å². The summed E-state index contributed by atoms with van der Waals surface area (Å²) >= 11 is 3.58. The van der Waals surface area contributed by atoms with E-state index in [4.69, 9.17) is 0 Å². The van der Waals surface area contributed by atoms with Crippen molar-refractivity contribution in [1.82, 2.24) is 5.32 Å². The molecule has 124 valence electrons. The van der Waals surface area contributed by atoms with Gasteiger partial charge in [0.2, 0.25) is 0 Å². The number of Topliss-reactive ketones (excluding diaryl/α,β-unsaturated/α-hetero) is 1. The molecule has 4 rings (SSSR count). The molecule has 0 saturated heterocycles. The van der Waals surface area contributed by atoms with Crippen molar-refractivity contribution in [1.29, 1.82) is 0 Å². The average molecular weight is 386 g/mol. The van der Waals surface area contributed by atoms with E-state index in [9.17, 15) is 4.79 Å². The van der Waals surface area contributed by atoms with Crippen molar-refractivity contribution in [2.24, 2.45) is 16.1 Å². The number of nitrogens with one attached hydrogen (secondary N) is 1. The fourth-order valence-corrected chi connectivity index (χ4v) is 4.84. The van der Waals surface area contributed by atoms with Gasteiger partial charge >= 0.3 is 0 Å². The van der Waals surface area contributed by atoms with Crippen LogP contribution >= 0.6 is 15.9 Å². The van der Waals surface area contributed by atoms with Gasteiger partial charge in [-0.05, 0) is 36.5 Å². The zero-order chi connectivity index (χ0) is 16.9. The number of carbonyl (C=O) groups excluding carboxylic acids is 1. The third kappa shape index (κ3) is 2.14. The first-order valence-electron chi connectivity index (χ1n) is 8.46. The van der Waals surface area contributed by atoms with Gasteiger partial charge in [0, 0.05) is 27.7 Å². The van der Waals surface area contributed by atoms with Gasteiger partial charge in [-0.15, -0.1) is 0 Å². The molecule has 0 fully saturated rings. The summed E-state index contributed by atoms with van der Waals surface area (Å²) in [5.41, 5.74) is 3.78. The Kier molecular flexibility index (Phi) is 3.71. The van der Waals surface area contributed by atoms with Crippen LogP contribution in [-0.2, 0) is 10.2 Å². The van der Waals surface area contributed by atoms with E-state index in [1.807, 2.05) is 18.3 Å². The number of hydrogen-bond acceptors (Lipinski definition) is 4. The van der Waals surface area contributed by atoms with Gasteiger partial charge in [0.1, 0.15) is 0 Å². The standard InChI is InChI=1S/C19H20BrN3O/c1-3-19(12-5-4-6-13(20)9-12)14-10-21-23-18(14)22-15-7-11(2)8-16(24)17(15)19/h4-6,9-11,18,22H,3,7-8H2,1-2H3/t11-,18?,19+/m1/s1. The van der Waals surface area contributed by atoms with E-state index in [1.54, 1.807) is 0 Å². The third-order valence-electron chi connectivity index (χ3n) is 5.42. The zero-order valence-electron chi connectivity index (χ0n) is 13.8. The molecule has 2 aliphatic heterocycles. The summed E-state index contributed by atoms with van der Waals surface area (Å²) in [5, 5.41) is 12.0. The molecule has 3 atom stereocenters. The zero-order valence-corrected chi connectivity index (χ0v) is 15.4. The number of halogens is 1. The van der Waals surface area contributed by atoms with Crippen LogP contribution in [0.3, 0.4) is 0 Å². The molecule has 0 amide bonds. The summed E-state index contributed by atoms with van der Waals surface area (Å²) in [7, 11) is 0. The van der Waals surface area contributed by atoms with Crippen molar-refractivity contribution in [3.8, 4) is 0 Å². The number of rotatable bonds is 2. The van der Waals surface area contributed by atoms with E-state index in [0.29, 0.717) is 12.3 Å². The lowest BCUT2D eigenvalue weighted by molar-refractivity contribution is -0.117. The van der Waals surface area contributed by atoms with E-state index in [0.717, 1.165) is 39.7 Å². The van der Waals surface area contributed by atoms with Crippen molar-refractivity contribution < 1.29 is 4.79 Å². The Morgan fingerprint density at radius 1 is 1.38 bits per heavy atom. The molecule has 1 aromatic rings. The number of hydrogen-bond donors (Lipinski definition) is 1. The van der Waals surface area contributed by atoms with Gasteiger partial charge in [-0.3, -0.25) is 4.79 Å². The average Bonchev–Trinajstić information content (AvgIpc) is 3.01. The number of carbonyl (C=O) groups is 1. The monoisotopic (exact) mass is 385 g/mol. The molecule has 5 heteroatoms. The Bertz CT molecular complexity index is 811. The Labute approximate surface area is 150 Å².